The fourth-order valence-electron chi connectivity index (χ4n) is 3.30. The van der Waals surface area contributed by atoms with Gasteiger partial charge in [-0.1, -0.05) is 0 Å². The summed E-state index contributed by atoms with van der Waals surface area (Å²) in [5.41, 5.74) is 0.771. The zero-order valence-corrected chi connectivity index (χ0v) is 14.1. The molecule has 0 spiro atoms. The molecule has 2 heterocycles. The molecule has 126 valence electrons. The van der Waals surface area contributed by atoms with Crippen molar-refractivity contribution in [2.24, 2.45) is 0 Å². The smallest absolute Gasteiger partial charge is 0.240 e. The molecule has 23 heavy (non-hydrogen) atoms. The van der Waals surface area contributed by atoms with Gasteiger partial charge in [0.1, 0.15) is 0 Å². The summed E-state index contributed by atoms with van der Waals surface area (Å²) >= 11 is 0. The first-order valence-electron chi connectivity index (χ1n) is 8.30. The molecule has 1 amide bonds. The Morgan fingerprint density at radius 2 is 1.78 bits per heavy atom. The molecule has 0 saturated carbocycles. The molecule has 0 unspecified atom stereocenters. The van der Waals surface area contributed by atoms with E-state index in [9.17, 15) is 13.2 Å². The Kier molecular flexibility index (Phi) is 4.99. The standard InChI is InChI=1S/C16H23N3O3S/c20-16-4-3-12-19(16)14-5-7-15(8-6-14)23(21,22)17-9-13-18-10-1-2-11-18/h5-8,17H,1-4,9-13H2/p+1. The fourth-order valence-corrected chi connectivity index (χ4v) is 4.33. The number of rotatable bonds is 6. The fraction of sp³-hybridized carbons (Fsp3) is 0.562. The van der Waals surface area contributed by atoms with Crippen molar-refractivity contribution in [1.82, 2.24) is 4.72 Å². The largest absolute Gasteiger partial charge is 0.334 e. The highest BCUT2D eigenvalue weighted by atomic mass is 32.2. The monoisotopic (exact) mass is 338 g/mol. The lowest BCUT2D eigenvalue weighted by molar-refractivity contribution is -0.886. The summed E-state index contributed by atoms with van der Waals surface area (Å²) in [6.45, 7) is 4.28. The first-order chi connectivity index (χ1) is 11.1. The summed E-state index contributed by atoms with van der Waals surface area (Å²) in [6.07, 6.45) is 3.90. The third-order valence-corrected chi connectivity index (χ3v) is 6.09. The first-order valence-corrected chi connectivity index (χ1v) is 9.78. The molecule has 3 rings (SSSR count). The number of benzene rings is 1. The van der Waals surface area contributed by atoms with E-state index >= 15 is 0 Å². The van der Waals surface area contributed by atoms with Gasteiger partial charge in [-0.05, 0) is 30.7 Å². The Labute approximate surface area is 137 Å². The number of nitrogens with zero attached hydrogens (tertiary/aromatic N) is 1. The van der Waals surface area contributed by atoms with Crippen molar-refractivity contribution in [3.8, 4) is 0 Å². The van der Waals surface area contributed by atoms with Crippen LogP contribution in [0.2, 0.25) is 0 Å². The predicted octanol–water partition coefficient (Wildman–Crippen LogP) is -0.230. The van der Waals surface area contributed by atoms with E-state index in [1.807, 2.05) is 0 Å². The van der Waals surface area contributed by atoms with Crippen molar-refractivity contribution in [3.05, 3.63) is 24.3 Å². The van der Waals surface area contributed by atoms with Gasteiger partial charge in [0, 0.05) is 31.5 Å². The molecule has 0 radical (unpaired) electrons. The minimum Gasteiger partial charge on any atom is -0.334 e. The lowest BCUT2D eigenvalue weighted by atomic mass is 10.3. The van der Waals surface area contributed by atoms with E-state index < -0.39 is 10.0 Å². The van der Waals surface area contributed by atoms with Gasteiger partial charge in [-0.25, -0.2) is 13.1 Å². The number of hydrogen-bond acceptors (Lipinski definition) is 3. The van der Waals surface area contributed by atoms with Crippen LogP contribution in [0, 0.1) is 0 Å². The molecule has 0 aromatic heterocycles. The van der Waals surface area contributed by atoms with Crippen LogP contribution in [0.3, 0.4) is 0 Å². The maximum atomic E-state index is 12.3. The molecule has 1 aromatic carbocycles. The summed E-state index contributed by atoms with van der Waals surface area (Å²) in [5, 5.41) is 0. The number of anilines is 1. The SMILES string of the molecule is O=C1CCCN1c1ccc(S(=O)(=O)NCC[NH+]2CCCC2)cc1. The number of amides is 1. The van der Waals surface area contributed by atoms with E-state index in [0.29, 0.717) is 19.5 Å². The molecule has 2 aliphatic rings. The van der Waals surface area contributed by atoms with Crippen molar-refractivity contribution >= 4 is 21.6 Å². The minimum atomic E-state index is -3.47. The summed E-state index contributed by atoms with van der Waals surface area (Å²) in [5.74, 6) is 0.104. The van der Waals surface area contributed by atoms with Crippen LogP contribution in [-0.2, 0) is 14.8 Å². The Balaban J connectivity index is 1.59. The molecular weight excluding hydrogens is 314 g/mol. The van der Waals surface area contributed by atoms with Crippen molar-refractivity contribution in [2.75, 3.05) is 37.6 Å². The van der Waals surface area contributed by atoms with Gasteiger partial charge in [0.15, 0.2) is 0 Å². The first kappa shape index (κ1) is 16.4. The lowest BCUT2D eigenvalue weighted by Gasteiger charge is -2.16. The number of quaternary nitrogens is 1. The molecular formula is C16H24N3O3S+. The van der Waals surface area contributed by atoms with E-state index in [1.54, 1.807) is 29.2 Å². The molecule has 6 nitrogen and oxygen atoms in total. The second-order valence-corrected chi connectivity index (χ2v) is 8.01. The quantitative estimate of drug-likeness (QED) is 0.753. The Hall–Kier alpha value is -1.44. The minimum absolute atomic E-state index is 0.104. The third-order valence-electron chi connectivity index (χ3n) is 4.61. The van der Waals surface area contributed by atoms with Gasteiger partial charge >= 0.3 is 0 Å². The second kappa shape index (κ2) is 6.98. The molecule has 2 saturated heterocycles. The number of likely N-dealkylation sites (tertiary alicyclic amines) is 1. The topological polar surface area (TPSA) is 70.9 Å². The maximum absolute atomic E-state index is 12.3. The van der Waals surface area contributed by atoms with Gasteiger partial charge in [0.25, 0.3) is 0 Å². The Bertz CT molecular complexity index is 652. The maximum Gasteiger partial charge on any atom is 0.240 e. The average Bonchev–Trinajstić information content (AvgIpc) is 3.19. The van der Waals surface area contributed by atoms with E-state index in [2.05, 4.69) is 4.72 Å². The van der Waals surface area contributed by atoms with Crippen LogP contribution in [0.15, 0.2) is 29.2 Å². The van der Waals surface area contributed by atoms with E-state index in [0.717, 1.165) is 31.7 Å². The van der Waals surface area contributed by atoms with Crippen LogP contribution in [0.1, 0.15) is 25.7 Å². The van der Waals surface area contributed by atoms with Crippen molar-refractivity contribution < 1.29 is 18.1 Å². The molecule has 0 aliphatic carbocycles. The average molecular weight is 338 g/mol. The van der Waals surface area contributed by atoms with E-state index in [1.165, 1.54) is 17.7 Å². The Morgan fingerprint density at radius 3 is 2.39 bits per heavy atom. The molecule has 0 atom stereocenters. The molecule has 2 N–H and O–H groups in total. The normalized spacial score (nSPS) is 19.7. The van der Waals surface area contributed by atoms with Crippen LogP contribution >= 0.6 is 0 Å². The van der Waals surface area contributed by atoms with Crippen LogP contribution < -0.4 is 14.5 Å². The summed E-state index contributed by atoms with van der Waals surface area (Å²) in [6, 6.07) is 6.57. The predicted molar refractivity (Wildman–Crippen MR) is 88.0 cm³/mol. The second-order valence-electron chi connectivity index (χ2n) is 6.25. The third kappa shape index (κ3) is 3.91. The summed E-state index contributed by atoms with van der Waals surface area (Å²) < 4.78 is 27.3. The number of carbonyl (C=O) groups is 1. The molecule has 2 aliphatic heterocycles. The number of hydrogen-bond donors (Lipinski definition) is 2. The molecule has 1 aromatic rings. The van der Waals surface area contributed by atoms with Gasteiger partial charge in [-0.15, -0.1) is 0 Å². The highest BCUT2D eigenvalue weighted by Gasteiger charge is 2.22. The van der Waals surface area contributed by atoms with Gasteiger partial charge in [-0.2, -0.15) is 0 Å². The molecule has 2 fully saturated rings. The van der Waals surface area contributed by atoms with Gasteiger partial charge < -0.3 is 9.80 Å². The van der Waals surface area contributed by atoms with Crippen LogP contribution in [0.25, 0.3) is 0 Å². The molecule has 7 heteroatoms. The van der Waals surface area contributed by atoms with Crippen molar-refractivity contribution in [1.29, 1.82) is 0 Å². The summed E-state index contributed by atoms with van der Waals surface area (Å²) in [7, 11) is -3.47. The van der Waals surface area contributed by atoms with Gasteiger partial charge in [0.05, 0.1) is 31.1 Å². The summed E-state index contributed by atoms with van der Waals surface area (Å²) in [4.78, 5) is 15.1. The lowest BCUT2D eigenvalue weighted by Crippen LogP contribution is -3.10. The van der Waals surface area contributed by atoms with E-state index in [-0.39, 0.29) is 10.8 Å². The Morgan fingerprint density at radius 1 is 1.09 bits per heavy atom. The van der Waals surface area contributed by atoms with Gasteiger partial charge in [0.2, 0.25) is 15.9 Å². The van der Waals surface area contributed by atoms with Gasteiger partial charge in [-0.3, -0.25) is 4.79 Å². The number of carbonyl (C=O) groups excluding carboxylic acids is 1. The zero-order chi connectivity index (χ0) is 16.3. The number of sulfonamides is 1. The van der Waals surface area contributed by atoms with E-state index in [4.69, 9.17) is 0 Å². The van der Waals surface area contributed by atoms with Crippen LogP contribution in [-0.4, -0.2) is 47.0 Å². The van der Waals surface area contributed by atoms with Crippen LogP contribution in [0.5, 0.6) is 0 Å². The van der Waals surface area contributed by atoms with Crippen molar-refractivity contribution in [2.45, 2.75) is 30.6 Å². The highest BCUT2D eigenvalue weighted by Crippen LogP contribution is 2.22. The number of nitrogens with one attached hydrogen (secondary N) is 2. The van der Waals surface area contributed by atoms with Crippen LogP contribution in [0.4, 0.5) is 5.69 Å². The molecule has 0 bridgehead atoms. The van der Waals surface area contributed by atoms with Crippen molar-refractivity contribution in [3.63, 3.8) is 0 Å². The highest BCUT2D eigenvalue weighted by molar-refractivity contribution is 7.89. The zero-order valence-electron chi connectivity index (χ0n) is 13.3.